The smallest absolute Gasteiger partial charge is 0.239 e. The van der Waals surface area contributed by atoms with Crippen molar-refractivity contribution >= 4 is 17.4 Å². The van der Waals surface area contributed by atoms with Crippen molar-refractivity contribution in [1.82, 2.24) is 15.1 Å². The van der Waals surface area contributed by atoms with Crippen molar-refractivity contribution in [2.24, 2.45) is 7.05 Å². The highest BCUT2D eigenvalue weighted by molar-refractivity contribution is 5.81. The summed E-state index contributed by atoms with van der Waals surface area (Å²) in [4.78, 5) is 11.5. The molecule has 1 aromatic heterocycles. The third-order valence-electron chi connectivity index (χ3n) is 2.65. The molecule has 1 heterocycles. The van der Waals surface area contributed by atoms with Crippen LogP contribution in [0.5, 0.6) is 0 Å². The van der Waals surface area contributed by atoms with E-state index in [2.05, 4.69) is 15.7 Å². The molecule has 1 amide bonds. The molecule has 0 atom stereocenters. The standard InChI is InChI=1S/C12H23N5O/c1-5-6-14-9(18)7-15-12-10(13)11(8(2)3)16-17(12)4/h8,15H,5-7,13H2,1-4H3,(H,14,18). The van der Waals surface area contributed by atoms with Crippen molar-refractivity contribution in [2.75, 3.05) is 24.1 Å². The number of nitrogens with one attached hydrogen (secondary N) is 2. The minimum Gasteiger partial charge on any atom is -0.394 e. The van der Waals surface area contributed by atoms with Gasteiger partial charge in [-0.3, -0.25) is 9.48 Å². The molecule has 0 aliphatic heterocycles. The Morgan fingerprint density at radius 1 is 1.50 bits per heavy atom. The Morgan fingerprint density at radius 2 is 2.17 bits per heavy atom. The second-order valence-electron chi connectivity index (χ2n) is 4.63. The zero-order valence-electron chi connectivity index (χ0n) is 11.6. The average Bonchev–Trinajstić information content (AvgIpc) is 2.60. The van der Waals surface area contributed by atoms with Crippen molar-refractivity contribution in [1.29, 1.82) is 0 Å². The van der Waals surface area contributed by atoms with Gasteiger partial charge in [0, 0.05) is 13.6 Å². The molecule has 4 N–H and O–H groups in total. The molecule has 0 unspecified atom stereocenters. The maximum atomic E-state index is 11.5. The summed E-state index contributed by atoms with van der Waals surface area (Å²) in [6, 6.07) is 0. The van der Waals surface area contributed by atoms with Crippen LogP contribution < -0.4 is 16.4 Å². The number of hydrogen-bond donors (Lipinski definition) is 3. The van der Waals surface area contributed by atoms with E-state index in [1.807, 2.05) is 27.8 Å². The predicted octanol–water partition coefficient (Wildman–Crippen LogP) is 1.06. The van der Waals surface area contributed by atoms with Crippen molar-refractivity contribution < 1.29 is 4.79 Å². The van der Waals surface area contributed by atoms with Gasteiger partial charge < -0.3 is 16.4 Å². The fourth-order valence-corrected chi connectivity index (χ4v) is 1.69. The highest BCUT2D eigenvalue weighted by atomic mass is 16.1. The van der Waals surface area contributed by atoms with E-state index in [0.29, 0.717) is 18.1 Å². The van der Waals surface area contributed by atoms with Gasteiger partial charge in [-0.15, -0.1) is 0 Å². The molecular weight excluding hydrogens is 230 g/mol. The Kier molecular flexibility index (Phi) is 5.00. The Labute approximate surface area is 108 Å². The second kappa shape index (κ2) is 6.28. The van der Waals surface area contributed by atoms with Gasteiger partial charge in [0.05, 0.1) is 17.9 Å². The number of nitrogen functional groups attached to an aromatic ring is 1. The number of amides is 1. The van der Waals surface area contributed by atoms with Crippen LogP contribution in [-0.2, 0) is 11.8 Å². The van der Waals surface area contributed by atoms with E-state index < -0.39 is 0 Å². The SMILES string of the molecule is CCCNC(=O)CNc1c(N)c(C(C)C)nn1C. The molecule has 0 saturated heterocycles. The van der Waals surface area contributed by atoms with E-state index in [4.69, 9.17) is 5.73 Å². The lowest BCUT2D eigenvalue weighted by atomic mass is 10.1. The molecule has 0 aromatic carbocycles. The number of anilines is 2. The van der Waals surface area contributed by atoms with Crippen molar-refractivity contribution in [2.45, 2.75) is 33.1 Å². The maximum absolute atomic E-state index is 11.5. The molecule has 1 rings (SSSR count). The second-order valence-corrected chi connectivity index (χ2v) is 4.63. The summed E-state index contributed by atoms with van der Waals surface area (Å²) in [5.74, 6) is 0.926. The van der Waals surface area contributed by atoms with Gasteiger partial charge in [-0.25, -0.2) is 0 Å². The summed E-state index contributed by atoms with van der Waals surface area (Å²) < 4.78 is 1.68. The van der Waals surface area contributed by atoms with Crippen LogP contribution in [-0.4, -0.2) is 28.8 Å². The number of rotatable bonds is 6. The first-order chi connectivity index (χ1) is 8.47. The Hall–Kier alpha value is -1.72. The van der Waals surface area contributed by atoms with E-state index in [1.165, 1.54) is 0 Å². The van der Waals surface area contributed by atoms with Gasteiger partial charge in [-0.1, -0.05) is 20.8 Å². The van der Waals surface area contributed by atoms with Crippen LogP contribution >= 0.6 is 0 Å². The highest BCUT2D eigenvalue weighted by Gasteiger charge is 2.16. The normalized spacial score (nSPS) is 10.7. The van der Waals surface area contributed by atoms with Gasteiger partial charge in [0.1, 0.15) is 5.82 Å². The number of aromatic nitrogens is 2. The lowest BCUT2D eigenvalue weighted by molar-refractivity contribution is -0.119. The molecule has 1 aromatic rings. The largest absolute Gasteiger partial charge is 0.394 e. The van der Waals surface area contributed by atoms with Gasteiger partial charge in [0.25, 0.3) is 0 Å². The molecule has 0 fully saturated rings. The average molecular weight is 253 g/mol. The number of carbonyl (C=O) groups is 1. The van der Waals surface area contributed by atoms with Crippen molar-refractivity contribution in [3.05, 3.63) is 5.69 Å². The minimum absolute atomic E-state index is 0.0384. The molecule has 0 aliphatic rings. The van der Waals surface area contributed by atoms with E-state index >= 15 is 0 Å². The van der Waals surface area contributed by atoms with Crippen LogP contribution in [0.25, 0.3) is 0 Å². The van der Waals surface area contributed by atoms with Gasteiger partial charge in [-0.2, -0.15) is 5.10 Å². The Balaban J connectivity index is 2.65. The summed E-state index contributed by atoms with van der Waals surface area (Å²) in [7, 11) is 1.81. The molecular formula is C12H23N5O. The number of hydrogen-bond acceptors (Lipinski definition) is 4. The van der Waals surface area contributed by atoms with Gasteiger partial charge in [-0.05, 0) is 12.3 Å². The summed E-state index contributed by atoms with van der Waals surface area (Å²) in [5, 5.41) is 10.2. The fraction of sp³-hybridized carbons (Fsp3) is 0.667. The topological polar surface area (TPSA) is 85.0 Å². The predicted molar refractivity (Wildman–Crippen MR) is 73.5 cm³/mol. The monoisotopic (exact) mass is 253 g/mol. The quantitative estimate of drug-likeness (QED) is 0.708. The lowest BCUT2D eigenvalue weighted by Gasteiger charge is -2.08. The Morgan fingerprint density at radius 3 is 2.67 bits per heavy atom. The number of nitrogens with zero attached hydrogens (tertiary/aromatic N) is 2. The summed E-state index contributed by atoms with van der Waals surface area (Å²) >= 11 is 0. The molecule has 0 spiro atoms. The minimum atomic E-state index is -0.0384. The van der Waals surface area contributed by atoms with Crippen LogP contribution in [0.2, 0.25) is 0 Å². The molecule has 6 nitrogen and oxygen atoms in total. The number of nitrogens with two attached hydrogens (primary N) is 1. The molecule has 0 radical (unpaired) electrons. The molecule has 0 aliphatic carbocycles. The Bertz CT molecular complexity index is 411. The summed E-state index contributed by atoms with van der Waals surface area (Å²) in [6.45, 7) is 6.99. The molecule has 6 heteroatoms. The lowest BCUT2D eigenvalue weighted by Crippen LogP contribution is -2.30. The fourth-order valence-electron chi connectivity index (χ4n) is 1.69. The third-order valence-corrected chi connectivity index (χ3v) is 2.65. The molecule has 18 heavy (non-hydrogen) atoms. The maximum Gasteiger partial charge on any atom is 0.239 e. The van der Waals surface area contributed by atoms with E-state index in [1.54, 1.807) is 4.68 Å². The van der Waals surface area contributed by atoms with Crippen LogP contribution in [0.1, 0.15) is 38.8 Å². The summed E-state index contributed by atoms with van der Waals surface area (Å²) in [5.41, 5.74) is 7.49. The van der Waals surface area contributed by atoms with Gasteiger partial charge >= 0.3 is 0 Å². The van der Waals surface area contributed by atoms with E-state index in [9.17, 15) is 4.79 Å². The van der Waals surface area contributed by atoms with Crippen molar-refractivity contribution in [3.8, 4) is 0 Å². The zero-order chi connectivity index (χ0) is 13.7. The highest BCUT2D eigenvalue weighted by Crippen LogP contribution is 2.27. The molecule has 0 saturated carbocycles. The van der Waals surface area contributed by atoms with Gasteiger partial charge in [0.2, 0.25) is 5.91 Å². The van der Waals surface area contributed by atoms with Crippen molar-refractivity contribution in [3.63, 3.8) is 0 Å². The number of carbonyl (C=O) groups excluding carboxylic acids is 1. The first kappa shape index (κ1) is 14.3. The first-order valence-corrected chi connectivity index (χ1v) is 6.30. The van der Waals surface area contributed by atoms with Crippen LogP contribution in [0.15, 0.2) is 0 Å². The zero-order valence-corrected chi connectivity index (χ0v) is 11.6. The molecule has 0 bridgehead atoms. The number of aryl methyl sites for hydroxylation is 1. The van der Waals surface area contributed by atoms with E-state index in [-0.39, 0.29) is 18.4 Å². The van der Waals surface area contributed by atoms with Crippen LogP contribution in [0.4, 0.5) is 11.5 Å². The van der Waals surface area contributed by atoms with E-state index in [0.717, 1.165) is 12.1 Å². The van der Waals surface area contributed by atoms with Gasteiger partial charge in [0.15, 0.2) is 0 Å². The first-order valence-electron chi connectivity index (χ1n) is 6.30. The van der Waals surface area contributed by atoms with Crippen LogP contribution in [0, 0.1) is 0 Å². The summed E-state index contributed by atoms with van der Waals surface area (Å²) in [6.07, 6.45) is 0.928. The molecule has 102 valence electrons. The third kappa shape index (κ3) is 3.38. The van der Waals surface area contributed by atoms with Crippen LogP contribution in [0.3, 0.4) is 0 Å².